The molecule has 0 amide bonds. The highest BCUT2D eigenvalue weighted by atomic mass is 32.1. The van der Waals surface area contributed by atoms with E-state index in [0.717, 1.165) is 23.4 Å². The molecule has 0 bridgehead atoms. The molecular formula is C18H20N2O4S. The number of piperidine rings is 1. The normalized spacial score (nSPS) is 17.3. The van der Waals surface area contributed by atoms with E-state index >= 15 is 0 Å². The predicted octanol–water partition coefficient (Wildman–Crippen LogP) is 3.29. The Morgan fingerprint density at radius 2 is 2.24 bits per heavy atom. The maximum absolute atomic E-state index is 12.1. The summed E-state index contributed by atoms with van der Waals surface area (Å²) in [6, 6.07) is 7.21. The van der Waals surface area contributed by atoms with Crippen molar-refractivity contribution in [3.05, 3.63) is 35.2 Å². The first-order chi connectivity index (χ1) is 12.1. The van der Waals surface area contributed by atoms with Crippen LogP contribution in [0.4, 0.5) is 5.82 Å². The van der Waals surface area contributed by atoms with Gasteiger partial charge in [-0.2, -0.15) is 0 Å². The van der Waals surface area contributed by atoms with E-state index in [-0.39, 0.29) is 17.5 Å². The molecule has 1 N–H and O–H groups in total. The molecule has 0 unspecified atom stereocenters. The summed E-state index contributed by atoms with van der Waals surface area (Å²) in [6.07, 6.45) is 1.55. The van der Waals surface area contributed by atoms with E-state index in [1.807, 2.05) is 22.4 Å². The van der Waals surface area contributed by atoms with Crippen molar-refractivity contribution in [1.82, 2.24) is 4.98 Å². The third-order valence-electron chi connectivity index (χ3n) is 4.22. The van der Waals surface area contributed by atoms with E-state index in [1.165, 1.54) is 0 Å². The standard InChI is InChI=1S/C18H20N2O4S/c1-2-24-18(23)12-5-3-9-20(11-12)16-13(17(21)22)7-8-14(19-16)15-6-4-10-25-15/h4,6-8,10,12H,2-3,5,9,11H2,1H3,(H,21,22)/t12-/m1/s1. The molecule has 1 aliphatic heterocycles. The second kappa shape index (κ2) is 7.65. The number of aromatic carboxylic acids is 1. The van der Waals surface area contributed by atoms with Gasteiger partial charge in [-0.15, -0.1) is 11.3 Å². The van der Waals surface area contributed by atoms with Crippen molar-refractivity contribution in [2.75, 3.05) is 24.6 Å². The Morgan fingerprint density at radius 1 is 1.40 bits per heavy atom. The van der Waals surface area contributed by atoms with Crippen LogP contribution >= 0.6 is 11.3 Å². The number of anilines is 1. The molecule has 2 aromatic heterocycles. The number of pyridine rings is 1. The number of carbonyl (C=O) groups is 2. The number of nitrogens with zero attached hydrogens (tertiary/aromatic N) is 2. The van der Waals surface area contributed by atoms with Crippen molar-refractivity contribution in [1.29, 1.82) is 0 Å². The molecule has 3 heterocycles. The number of rotatable bonds is 5. The minimum absolute atomic E-state index is 0.157. The fraction of sp³-hybridized carbons (Fsp3) is 0.389. The fourth-order valence-corrected chi connectivity index (χ4v) is 3.74. The van der Waals surface area contributed by atoms with Crippen LogP contribution in [0.25, 0.3) is 10.6 Å². The Kier molecular flexibility index (Phi) is 5.33. The summed E-state index contributed by atoms with van der Waals surface area (Å²) in [7, 11) is 0. The maximum Gasteiger partial charge on any atom is 0.339 e. The summed E-state index contributed by atoms with van der Waals surface area (Å²) in [5.41, 5.74) is 0.901. The molecule has 0 radical (unpaired) electrons. The molecule has 25 heavy (non-hydrogen) atoms. The average Bonchev–Trinajstić information content (AvgIpc) is 3.16. The summed E-state index contributed by atoms with van der Waals surface area (Å²) in [6.45, 7) is 3.24. The Morgan fingerprint density at radius 3 is 2.92 bits per heavy atom. The third-order valence-corrected chi connectivity index (χ3v) is 5.11. The van der Waals surface area contributed by atoms with Gasteiger partial charge in [0, 0.05) is 13.1 Å². The lowest BCUT2D eigenvalue weighted by Gasteiger charge is -2.33. The van der Waals surface area contributed by atoms with Crippen molar-refractivity contribution >= 4 is 29.1 Å². The largest absolute Gasteiger partial charge is 0.478 e. The highest BCUT2D eigenvalue weighted by Crippen LogP contribution is 2.30. The lowest BCUT2D eigenvalue weighted by atomic mass is 9.97. The van der Waals surface area contributed by atoms with Crippen LogP contribution in [-0.2, 0) is 9.53 Å². The van der Waals surface area contributed by atoms with Gasteiger partial charge >= 0.3 is 11.9 Å². The molecule has 3 rings (SSSR count). The van der Waals surface area contributed by atoms with Crippen LogP contribution in [0.15, 0.2) is 29.6 Å². The third kappa shape index (κ3) is 3.82. The van der Waals surface area contributed by atoms with E-state index in [4.69, 9.17) is 4.74 Å². The smallest absolute Gasteiger partial charge is 0.339 e. The summed E-state index contributed by atoms with van der Waals surface area (Å²) in [5.74, 6) is -1.06. The molecule has 1 fully saturated rings. The number of aromatic nitrogens is 1. The second-order valence-electron chi connectivity index (χ2n) is 5.89. The van der Waals surface area contributed by atoms with Gasteiger partial charge in [-0.25, -0.2) is 9.78 Å². The first-order valence-corrected chi connectivity index (χ1v) is 9.18. The van der Waals surface area contributed by atoms with Gasteiger partial charge in [0.25, 0.3) is 0 Å². The van der Waals surface area contributed by atoms with Gasteiger partial charge < -0.3 is 14.7 Å². The molecule has 2 aromatic rings. The van der Waals surface area contributed by atoms with Gasteiger partial charge in [0.15, 0.2) is 0 Å². The highest BCUT2D eigenvalue weighted by molar-refractivity contribution is 7.13. The van der Waals surface area contributed by atoms with E-state index in [1.54, 1.807) is 30.4 Å². The maximum atomic E-state index is 12.1. The molecule has 1 atom stereocenters. The molecule has 6 nitrogen and oxygen atoms in total. The number of hydrogen-bond donors (Lipinski definition) is 1. The average molecular weight is 360 g/mol. The van der Waals surface area contributed by atoms with Crippen LogP contribution in [-0.4, -0.2) is 41.7 Å². The van der Waals surface area contributed by atoms with Gasteiger partial charge in [-0.05, 0) is 43.3 Å². The van der Waals surface area contributed by atoms with Gasteiger partial charge in [0.05, 0.1) is 23.1 Å². The molecule has 1 aliphatic rings. The molecule has 0 saturated carbocycles. The number of thiophene rings is 1. The number of carboxylic acids is 1. The van der Waals surface area contributed by atoms with Crippen molar-refractivity contribution in [2.24, 2.45) is 5.92 Å². The van der Waals surface area contributed by atoms with Crippen molar-refractivity contribution in [3.8, 4) is 10.6 Å². The zero-order valence-corrected chi connectivity index (χ0v) is 14.8. The quantitative estimate of drug-likeness (QED) is 0.824. The van der Waals surface area contributed by atoms with Gasteiger partial charge in [-0.1, -0.05) is 6.07 Å². The van der Waals surface area contributed by atoms with Crippen LogP contribution in [0.2, 0.25) is 0 Å². The van der Waals surface area contributed by atoms with Crippen molar-refractivity contribution < 1.29 is 19.4 Å². The monoisotopic (exact) mass is 360 g/mol. The van der Waals surface area contributed by atoms with Crippen LogP contribution < -0.4 is 4.90 Å². The number of hydrogen-bond acceptors (Lipinski definition) is 6. The molecule has 0 aliphatic carbocycles. The molecule has 1 saturated heterocycles. The summed E-state index contributed by atoms with van der Waals surface area (Å²) >= 11 is 1.56. The van der Waals surface area contributed by atoms with Crippen LogP contribution in [0.3, 0.4) is 0 Å². The lowest BCUT2D eigenvalue weighted by Crippen LogP contribution is -2.40. The first kappa shape index (κ1) is 17.4. The van der Waals surface area contributed by atoms with E-state index < -0.39 is 5.97 Å². The first-order valence-electron chi connectivity index (χ1n) is 8.30. The second-order valence-corrected chi connectivity index (χ2v) is 6.84. The van der Waals surface area contributed by atoms with E-state index in [9.17, 15) is 14.7 Å². The van der Waals surface area contributed by atoms with Crippen molar-refractivity contribution in [2.45, 2.75) is 19.8 Å². The SMILES string of the molecule is CCOC(=O)[C@@H]1CCCN(c2nc(-c3cccs3)ccc2C(=O)O)C1. The number of ether oxygens (including phenoxy) is 1. The fourth-order valence-electron chi connectivity index (χ4n) is 3.04. The summed E-state index contributed by atoms with van der Waals surface area (Å²) in [5, 5.41) is 11.5. The summed E-state index contributed by atoms with van der Waals surface area (Å²) in [4.78, 5) is 31.2. The molecular weight excluding hydrogens is 340 g/mol. The van der Waals surface area contributed by atoms with Gasteiger partial charge in [0.2, 0.25) is 0 Å². The summed E-state index contributed by atoms with van der Waals surface area (Å²) < 4.78 is 5.13. The zero-order chi connectivity index (χ0) is 17.8. The van der Waals surface area contributed by atoms with Gasteiger partial charge in [0.1, 0.15) is 11.4 Å². The lowest BCUT2D eigenvalue weighted by molar-refractivity contribution is -0.148. The van der Waals surface area contributed by atoms with E-state index in [0.29, 0.717) is 25.5 Å². The number of esters is 1. The molecule has 0 aromatic carbocycles. The highest BCUT2D eigenvalue weighted by Gasteiger charge is 2.29. The Labute approximate surface area is 150 Å². The topological polar surface area (TPSA) is 79.7 Å². The Bertz CT molecular complexity index is 760. The van der Waals surface area contributed by atoms with Crippen LogP contribution in [0, 0.1) is 5.92 Å². The molecule has 0 spiro atoms. The minimum atomic E-state index is -1.02. The van der Waals surface area contributed by atoms with Crippen LogP contribution in [0.1, 0.15) is 30.1 Å². The van der Waals surface area contributed by atoms with Crippen LogP contribution in [0.5, 0.6) is 0 Å². The van der Waals surface area contributed by atoms with E-state index in [2.05, 4.69) is 4.98 Å². The Hall–Kier alpha value is -2.41. The number of carbonyl (C=O) groups excluding carboxylic acids is 1. The predicted molar refractivity (Wildman–Crippen MR) is 96.1 cm³/mol. The molecule has 7 heteroatoms. The Balaban J connectivity index is 1.92. The molecule has 132 valence electrons. The minimum Gasteiger partial charge on any atom is -0.478 e. The number of carboxylic acid groups (broad SMARTS) is 1. The zero-order valence-electron chi connectivity index (χ0n) is 14.0. The van der Waals surface area contributed by atoms with Gasteiger partial charge in [-0.3, -0.25) is 4.79 Å². The van der Waals surface area contributed by atoms with Crippen molar-refractivity contribution in [3.63, 3.8) is 0 Å².